The fraction of sp³-hybridized carbons (Fsp3) is 0.267. The van der Waals surface area contributed by atoms with Gasteiger partial charge in [0.25, 0.3) is 5.91 Å². The van der Waals surface area contributed by atoms with Gasteiger partial charge in [-0.15, -0.1) is 11.3 Å². The number of thiophene rings is 1. The molecule has 106 valence electrons. The molecule has 1 amide bonds. The summed E-state index contributed by atoms with van der Waals surface area (Å²) in [5.41, 5.74) is 1.86. The van der Waals surface area contributed by atoms with Crippen molar-refractivity contribution in [1.29, 1.82) is 0 Å². The van der Waals surface area contributed by atoms with Crippen molar-refractivity contribution in [2.45, 2.75) is 0 Å². The third-order valence-corrected chi connectivity index (χ3v) is 3.64. The molecule has 0 atom stereocenters. The van der Waals surface area contributed by atoms with Gasteiger partial charge in [0.2, 0.25) is 0 Å². The summed E-state index contributed by atoms with van der Waals surface area (Å²) in [6.45, 7) is 1.88. The maximum atomic E-state index is 11.9. The van der Waals surface area contributed by atoms with E-state index in [9.17, 15) is 4.79 Å². The monoisotopic (exact) mass is 289 g/mol. The second-order valence-corrected chi connectivity index (χ2v) is 5.69. The van der Waals surface area contributed by atoms with E-state index in [4.69, 9.17) is 0 Å². The minimum absolute atomic E-state index is 0.0617. The van der Waals surface area contributed by atoms with Crippen molar-refractivity contribution < 1.29 is 4.79 Å². The number of hydrogen-bond acceptors (Lipinski definition) is 4. The van der Waals surface area contributed by atoms with Gasteiger partial charge < -0.3 is 15.5 Å². The van der Waals surface area contributed by atoms with E-state index in [1.54, 1.807) is 0 Å². The zero-order chi connectivity index (χ0) is 14.4. The second-order valence-electron chi connectivity index (χ2n) is 4.74. The molecule has 2 N–H and O–H groups in total. The first-order chi connectivity index (χ1) is 9.65. The van der Waals surface area contributed by atoms with Crippen molar-refractivity contribution in [2.24, 2.45) is 0 Å². The van der Waals surface area contributed by atoms with Crippen molar-refractivity contribution >= 4 is 28.6 Å². The lowest BCUT2D eigenvalue weighted by molar-refractivity contribution is 0.103. The fourth-order valence-electron chi connectivity index (χ4n) is 1.70. The number of likely N-dealkylation sites (N-methyl/N-ethyl adjacent to an activating group) is 1. The molecule has 0 radical (unpaired) electrons. The Labute approximate surface area is 123 Å². The molecule has 0 fully saturated rings. The van der Waals surface area contributed by atoms with Gasteiger partial charge in [-0.2, -0.15) is 0 Å². The highest BCUT2D eigenvalue weighted by molar-refractivity contribution is 7.12. The van der Waals surface area contributed by atoms with Crippen LogP contribution in [-0.2, 0) is 0 Å². The number of anilines is 2. The number of carbonyl (C=O) groups excluding carboxylic acids is 1. The van der Waals surface area contributed by atoms with E-state index in [2.05, 4.69) is 15.5 Å². The predicted octanol–water partition coefficient (Wildman–Crippen LogP) is 2.97. The van der Waals surface area contributed by atoms with Gasteiger partial charge in [-0.1, -0.05) is 6.07 Å². The van der Waals surface area contributed by atoms with Crippen molar-refractivity contribution in [1.82, 2.24) is 4.90 Å². The Morgan fingerprint density at radius 1 is 1.15 bits per heavy atom. The molecule has 1 aromatic heterocycles. The van der Waals surface area contributed by atoms with Crippen LogP contribution >= 0.6 is 11.3 Å². The maximum Gasteiger partial charge on any atom is 0.265 e. The van der Waals surface area contributed by atoms with Crippen molar-refractivity contribution in [3.05, 3.63) is 46.7 Å². The molecule has 0 saturated carbocycles. The smallest absolute Gasteiger partial charge is 0.265 e. The lowest BCUT2D eigenvalue weighted by atomic mass is 10.2. The largest absolute Gasteiger partial charge is 0.384 e. The average Bonchev–Trinajstić information content (AvgIpc) is 2.94. The number of nitrogens with zero attached hydrogens (tertiary/aromatic N) is 1. The molecule has 0 bridgehead atoms. The van der Waals surface area contributed by atoms with Crippen LogP contribution in [-0.4, -0.2) is 38.0 Å². The van der Waals surface area contributed by atoms with Crippen molar-refractivity contribution in [2.75, 3.05) is 37.8 Å². The zero-order valence-electron chi connectivity index (χ0n) is 11.7. The maximum absolute atomic E-state index is 11.9. The first kappa shape index (κ1) is 14.6. The lowest BCUT2D eigenvalue weighted by Crippen LogP contribution is -2.20. The summed E-state index contributed by atoms with van der Waals surface area (Å²) in [5, 5.41) is 8.11. The predicted molar refractivity (Wildman–Crippen MR) is 85.8 cm³/mol. The van der Waals surface area contributed by atoms with Gasteiger partial charge in [0.05, 0.1) is 4.88 Å². The van der Waals surface area contributed by atoms with Crippen LogP contribution in [0.3, 0.4) is 0 Å². The third-order valence-electron chi connectivity index (χ3n) is 2.78. The molecule has 4 nitrogen and oxygen atoms in total. The van der Waals surface area contributed by atoms with Crippen LogP contribution in [0.4, 0.5) is 11.4 Å². The summed E-state index contributed by atoms with van der Waals surface area (Å²) < 4.78 is 0. The van der Waals surface area contributed by atoms with Crippen molar-refractivity contribution in [3.8, 4) is 0 Å². The second kappa shape index (κ2) is 7.07. The van der Waals surface area contributed by atoms with E-state index >= 15 is 0 Å². The van der Waals surface area contributed by atoms with Crippen LogP contribution in [0.15, 0.2) is 41.8 Å². The number of carbonyl (C=O) groups is 1. The molecule has 0 aliphatic heterocycles. The fourth-order valence-corrected chi connectivity index (χ4v) is 2.31. The Morgan fingerprint density at radius 2 is 1.85 bits per heavy atom. The van der Waals surface area contributed by atoms with E-state index in [0.717, 1.165) is 29.3 Å². The molecule has 1 aromatic carbocycles. The molecule has 0 spiro atoms. The Morgan fingerprint density at radius 3 is 2.45 bits per heavy atom. The molecule has 5 heteroatoms. The number of rotatable bonds is 6. The Hall–Kier alpha value is -1.85. The molecule has 2 rings (SSSR count). The highest BCUT2D eigenvalue weighted by atomic mass is 32.1. The van der Waals surface area contributed by atoms with Crippen LogP contribution in [0.2, 0.25) is 0 Å². The Kier molecular flexibility index (Phi) is 5.15. The summed E-state index contributed by atoms with van der Waals surface area (Å²) in [4.78, 5) is 14.7. The van der Waals surface area contributed by atoms with Crippen LogP contribution in [0.5, 0.6) is 0 Å². The van der Waals surface area contributed by atoms with E-state index in [0.29, 0.717) is 0 Å². The normalized spacial score (nSPS) is 10.6. The van der Waals surface area contributed by atoms with Gasteiger partial charge in [0.15, 0.2) is 0 Å². The molecule has 0 aliphatic carbocycles. The number of amides is 1. The molecule has 2 aromatic rings. The molecular formula is C15H19N3OS. The summed E-state index contributed by atoms with van der Waals surface area (Å²) in [6.07, 6.45) is 0. The van der Waals surface area contributed by atoms with E-state index in [-0.39, 0.29) is 5.91 Å². The topological polar surface area (TPSA) is 44.4 Å². The highest BCUT2D eigenvalue weighted by Gasteiger charge is 2.06. The lowest BCUT2D eigenvalue weighted by Gasteiger charge is -2.11. The van der Waals surface area contributed by atoms with Crippen LogP contribution in [0.1, 0.15) is 9.67 Å². The molecule has 0 saturated heterocycles. The van der Waals surface area contributed by atoms with Crippen LogP contribution in [0.25, 0.3) is 0 Å². The first-order valence-corrected chi connectivity index (χ1v) is 7.36. The van der Waals surface area contributed by atoms with Crippen LogP contribution < -0.4 is 10.6 Å². The number of nitrogens with one attached hydrogen (secondary N) is 2. The van der Waals surface area contributed by atoms with E-state index in [1.165, 1.54) is 11.3 Å². The van der Waals surface area contributed by atoms with Gasteiger partial charge in [0.1, 0.15) is 0 Å². The standard InChI is InChI=1S/C15H19N3OS/c1-18(2)10-9-16-12-5-7-13(8-6-12)17-15(19)14-4-3-11-20-14/h3-8,11,16H,9-10H2,1-2H3,(H,17,19). The Bertz CT molecular complexity index is 535. The van der Waals surface area contributed by atoms with Crippen LogP contribution in [0, 0.1) is 0 Å². The first-order valence-electron chi connectivity index (χ1n) is 6.48. The molecule has 0 aliphatic rings. The third kappa shape index (κ3) is 4.36. The number of benzene rings is 1. The average molecular weight is 289 g/mol. The highest BCUT2D eigenvalue weighted by Crippen LogP contribution is 2.16. The summed E-state index contributed by atoms with van der Waals surface area (Å²) in [7, 11) is 4.09. The SMILES string of the molecule is CN(C)CCNc1ccc(NC(=O)c2cccs2)cc1. The number of hydrogen-bond donors (Lipinski definition) is 2. The molecular weight excluding hydrogens is 270 g/mol. The van der Waals surface area contributed by atoms with Crippen molar-refractivity contribution in [3.63, 3.8) is 0 Å². The molecule has 1 heterocycles. The minimum Gasteiger partial charge on any atom is -0.384 e. The van der Waals surface area contributed by atoms with Gasteiger partial charge in [-0.05, 0) is 49.8 Å². The van der Waals surface area contributed by atoms with E-state index < -0.39 is 0 Å². The summed E-state index contributed by atoms with van der Waals surface area (Å²) in [5.74, 6) is -0.0617. The molecule has 20 heavy (non-hydrogen) atoms. The zero-order valence-corrected chi connectivity index (χ0v) is 12.5. The van der Waals surface area contributed by atoms with Gasteiger partial charge >= 0.3 is 0 Å². The minimum atomic E-state index is -0.0617. The van der Waals surface area contributed by atoms with Gasteiger partial charge in [0, 0.05) is 24.5 Å². The Balaban J connectivity index is 1.87. The quantitative estimate of drug-likeness (QED) is 0.859. The summed E-state index contributed by atoms with van der Waals surface area (Å²) >= 11 is 1.44. The van der Waals surface area contributed by atoms with E-state index in [1.807, 2.05) is 55.9 Å². The molecule has 0 unspecified atom stereocenters. The van der Waals surface area contributed by atoms with Gasteiger partial charge in [-0.25, -0.2) is 0 Å². The van der Waals surface area contributed by atoms with Gasteiger partial charge in [-0.3, -0.25) is 4.79 Å². The summed E-state index contributed by atoms with van der Waals surface area (Å²) in [6, 6.07) is 11.4.